The monoisotopic (exact) mass is 392 g/mol. The number of aldehydes is 1. The van der Waals surface area contributed by atoms with E-state index in [0.717, 1.165) is 37.8 Å². The number of benzene rings is 1. The van der Waals surface area contributed by atoms with E-state index >= 15 is 0 Å². The zero-order chi connectivity index (χ0) is 19.7. The summed E-state index contributed by atoms with van der Waals surface area (Å²) >= 11 is 0. The zero-order valence-corrected chi connectivity index (χ0v) is 14.9. The van der Waals surface area contributed by atoms with E-state index in [4.69, 9.17) is 4.74 Å². The number of anilines is 1. The lowest BCUT2D eigenvalue weighted by atomic mass is 9.99. The molecule has 2 aliphatic rings. The first-order valence-corrected chi connectivity index (χ1v) is 9.13. The molecule has 3 heterocycles. The van der Waals surface area contributed by atoms with Gasteiger partial charge in [0.1, 0.15) is 23.4 Å². The third kappa shape index (κ3) is 4.05. The Bertz CT molecular complexity index is 810. The molecule has 2 aliphatic heterocycles. The van der Waals surface area contributed by atoms with Crippen LogP contribution in [0.1, 0.15) is 36.0 Å². The second-order valence-electron chi connectivity index (χ2n) is 7.09. The van der Waals surface area contributed by atoms with Crippen molar-refractivity contribution in [1.82, 2.24) is 4.98 Å². The van der Waals surface area contributed by atoms with Crippen LogP contribution in [-0.4, -0.2) is 35.8 Å². The Morgan fingerprint density at radius 3 is 2.18 bits per heavy atom. The highest BCUT2D eigenvalue weighted by atomic mass is 19.4. The van der Waals surface area contributed by atoms with E-state index in [9.17, 15) is 18.0 Å². The van der Waals surface area contributed by atoms with Crippen LogP contribution in [-0.2, 0) is 0 Å². The van der Waals surface area contributed by atoms with Crippen LogP contribution in [0.25, 0.3) is 0 Å². The van der Waals surface area contributed by atoms with Gasteiger partial charge in [0.25, 0.3) is 0 Å². The number of nitrogens with zero attached hydrogens (tertiary/aromatic N) is 2. The van der Waals surface area contributed by atoms with Crippen molar-refractivity contribution in [2.75, 3.05) is 4.90 Å². The average molecular weight is 392 g/mol. The SMILES string of the molecule is O=Cc1ccc(N2C3CC[C@@H]2CC(Oc2ccc(OC(F)(F)F)cc2)C3)nc1. The number of ether oxygens (including phenoxy) is 2. The van der Waals surface area contributed by atoms with Crippen LogP contribution in [0, 0.1) is 0 Å². The maximum absolute atomic E-state index is 12.2. The molecule has 2 unspecified atom stereocenters. The van der Waals surface area contributed by atoms with Crippen LogP contribution in [0.2, 0.25) is 0 Å². The summed E-state index contributed by atoms with van der Waals surface area (Å²) in [6.45, 7) is 0. The number of pyridine rings is 1. The minimum absolute atomic E-state index is 0.00242. The summed E-state index contributed by atoms with van der Waals surface area (Å²) in [6, 6.07) is 9.73. The van der Waals surface area contributed by atoms with Crippen LogP contribution in [0.3, 0.4) is 0 Å². The summed E-state index contributed by atoms with van der Waals surface area (Å²) in [5.41, 5.74) is 0.548. The van der Waals surface area contributed by atoms with E-state index in [-0.39, 0.29) is 11.9 Å². The van der Waals surface area contributed by atoms with E-state index in [1.165, 1.54) is 24.3 Å². The first kappa shape index (κ1) is 18.6. The first-order valence-electron chi connectivity index (χ1n) is 9.13. The van der Waals surface area contributed by atoms with Crippen LogP contribution < -0.4 is 14.4 Å². The number of carbonyl (C=O) groups is 1. The van der Waals surface area contributed by atoms with E-state index < -0.39 is 6.36 Å². The van der Waals surface area contributed by atoms with E-state index in [0.29, 0.717) is 23.4 Å². The zero-order valence-electron chi connectivity index (χ0n) is 14.9. The molecule has 0 spiro atoms. The lowest BCUT2D eigenvalue weighted by Gasteiger charge is -2.39. The Hall–Kier alpha value is -2.77. The third-order valence-corrected chi connectivity index (χ3v) is 5.22. The molecule has 0 aliphatic carbocycles. The van der Waals surface area contributed by atoms with Gasteiger partial charge in [-0.05, 0) is 49.2 Å². The summed E-state index contributed by atoms with van der Waals surface area (Å²) in [7, 11) is 0. The normalized spacial score (nSPS) is 24.1. The fraction of sp³-hybridized carbons (Fsp3) is 0.400. The van der Waals surface area contributed by atoms with Crippen LogP contribution in [0.5, 0.6) is 11.5 Å². The number of halogens is 3. The lowest BCUT2D eigenvalue weighted by Crippen LogP contribution is -2.46. The number of rotatable bonds is 5. The Labute approximate surface area is 160 Å². The second kappa shape index (κ2) is 7.33. The predicted octanol–water partition coefficient (Wildman–Crippen LogP) is 4.37. The average Bonchev–Trinajstić information content (AvgIpc) is 2.93. The topological polar surface area (TPSA) is 51.7 Å². The van der Waals surface area contributed by atoms with Gasteiger partial charge in [0.05, 0.1) is 0 Å². The Morgan fingerprint density at radius 2 is 1.64 bits per heavy atom. The van der Waals surface area contributed by atoms with Crippen molar-refractivity contribution in [2.45, 2.75) is 50.2 Å². The summed E-state index contributed by atoms with van der Waals surface area (Å²) < 4.78 is 46.6. The molecular formula is C20H19F3N2O3. The number of hydrogen-bond donors (Lipinski definition) is 0. The maximum Gasteiger partial charge on any atom is 0.573 e. The van der Waals surface area contributed by atoms with Crippen molar-refractivity contribution in [2.24, 2.45) is 0 Å². The van der Waals surface area contributed by atoms with Crippen molar-refractivity contribution in [1.29, 1.82) is 0 Å². The molecule has 4 rings (SSSR count). The van der Waals surface area contributed by atoms with Gasteiger partial charge < -0.3 is 14.4 Å². The number of aromatic nitrogens is 1. The van der Waals surface area contributed by atoms with E-state index in [1.807, 2.05) is 6.07 Å². The summed E-state index contributed by atoms with van der Waals surface area (Å²) in [4.78, 5) is 17.5. The van der Waals surface area contributed by atoms with Crippen LogP contribution >= 0.6 is 0 Å². The molecule has 2 saturated heterocycles. The summed E-state index contributed by atoms with van der Waals surface area (Å²) in [5, 5.41) is 0. The molecular weight excluding hydrogens is 373 g/mol. The van der Waals surface area contributed by atoms with Gasteiger partial charge in [-0.1, -0.05) is 0 Å². The van der Waals surface area contributed by atoms with E-state index in [1.54, 1.807) is 12.3 Å². The van der Waals surface area contributed by atoms with Gasteiger partial charge >= 0.3 is 6.36 Å². The smallest absolute Gasteiger partial charge is 0.490 e. The molecule has 2 aromatic rings. The van der Waals surface area contributed by atoms with Gasteiger partial charge in [0.2, 0.25) is 0 Å². The highest BCUT2D eigenvalue weighted by Crippen LogP contribution is 2.40. The minimum atomic E-state index is -4.70. The lowest BCUT2D eigenvalue weighted by molar-refractivity contribution is -0.274. The Morgan fingerprint density at radius 1 is 1.00 bits per heavy atom. The van der Waals surface area contributed by atoms with Crippen molar-refractivity contribution < 1.29 is 27.4 Å². The molecule has 1 aromatic heterocycles. The number of fused-ring (bicyclic) bond motifs is 2. The fourth-order valence-electron chi connectivity index (χ4n) is 4.13. The molecule has 0 radical (unpaired) electrons. The van der Waals surface area contributed by atoms with E-state index in [2.05, 4.69) is 14.6 Å². The third-order valence-electron chi connectivity index (χ3n) is 5.22. The number of hydrogen-bond acceptors (Lipinski definition) is 5. The summed E-state index contributed by atoms with van der Waals surface area (Å²) in [6.07, 6.45) is 1.36. The Kier molecular flexibility index (Phi) is 4.87. The highest BCUT2D eigenvalue weighted by molar-refractivity contribution is 5.74. The molecule has 1 aromatic carbocycles. The van der Waals surface area contributed by atoms with Crippen molar-refractivity contribution in [3.05, 3.63) is 48.2 Å². The Balaban J connectivity index is 1.39. The number of piperidine rings is 1. The minimum Gasteiger partial charge on any atom is -0.490 e. The van der Waals surface area contributed by atoms with Gasteiger partial charge in [-0.25, -0.2) is 4.98 Å². The molecule has 0 N–H and O–H groups in total. The standard InChI is InChI=1S/C20H19F3N2O3/c21-20(22,23)28-17-6-4-16(5-7-17)27-18-9-14-2-3-15(10-18)25(14)19-8-1-13(12-26)11-24-19/h1,4-8,11-12,14-15,18H,2-3,9-10H2/t14-,15?,18?/m1/s1. The van der Waals surface area contributed by atoms with Crippen LogP contribution in [0.4, 0.5) is 19.0 Å². The van der Waals surface area contributed by atoms with Crippen molar-refractivity contribution in [3.63, 3.8) is 0 Å². The van der Waals surface area contributed by atoms with Crippen LogP contribution in [0.15, 0.2) is 42.6 Å². The largest absolute Gasteiger partial charge is 0.573 e. The molecule has 2 fully saturated rings. The molecule has 5 nitrogen and oxygen atoms in total. The maximum atomic E-state index is 12.2. The molecule has 3 atom stereocenters. The van der Waals surface area contributed by atoms with Gasteiger partial charge in [-0.15, -0.1) is 13.2 Å². The quantitative estimate of drug-likeness (QED) is 0.708. The van der Waals surface area contributed by atoms with Gasteiger partial charge in [-0.2, -0.15) is 0 Å². The molecule has 148 valence electrons. The van der Waals surface area contributed by atoms with Gasteiger partial charge in [0, 0.05) is 36.7 Å². The molecule has 0 amide bonds. The number of carbonyl (C=O) groups excluding carboxylic acids is 1. The first-order chi connectivity index (χ1) is 13.4. The highest BCUT2D eigenvalue weighted by Gasteiger charge is 2.42. The van der Waals surface area contributed by atoms with Crippen molar-refractivity contribution >= 4 is 12.1 Å². The summed E-state index contributed by atoms with van der Waals surface area (Å²) in [5.74, 6) is 1.13. The second-order valence-corrected chi connectivity index (χ2v) is 7.09. The van der Waals surface area contributed by atoms with Gasteiger partial charge in [0.15, 0.2) is 6.29 Å². The van der Waals surface area contributed by atoms with Crippen molar-refractivity contribution in [3.8, 4) is 11.5 Å². The molecule has 8 heteroatoms. The number of alkyl halides is 3. The van der Waals surface area contributed by atoms with Gasteiger partial charge in [-0.3, -0.25) is 4.79 Å². The molecule has 2 bridgehead atoms. The molecule has 28 heavy (non-hydrogen) atoms. The molecule has 0 saturated carbocycles. The predicted molar refractivity (Wildman–Crippen MR) is 95.7 cm³/mol. The fourth-order valence-corrected chi connectivity index (χ4v) is 4.13.